The molecule has 0 atom stereocenters. The number of halogens is 1. The molecular weight excluding hydrogens is 348 g/mol. The summed E-state index contributed by atoms with van der Waals surface area (Å²) in [6.45, 7) is 4.46. The minimum Gasteiger partial charge on any atom is -0.497 e. The van der Waals surface area contributed by atoms with Crippen molar-refractivity contribution in [3.8, 4) is 5.75 Å². The highest BCUT2D eigenvalue weighted by molar-refractivity contribution is 9.10. The van der Waals surface area contributed by atoms with Crippen LogP contribution in [0.4, 0.5) is 0 Å². The second kappa shape index (κ2) is 5.61. The Bertz CT molecular complexity index is 894. The molecule has 0 aliphatic carbocycles. The predicted octanol–water partition coefficient (Wildman–Crippen LogP) is 3.43. The maximum absolute atomic E-state index is 11.7. The summed E-state index contributed by atoms with van der Waals surface area (Å²) in [5.41, 5.74) is 2.88. The molecule has 3 aromatic rings. The number of hydrogen-bond donors (Lipinski definition) is 0. The highest BCUT2D eigenvalue weighted by Gasteiger charge is 2.16. The van der Waals surface area contributed by atoms with Gasteiger partial charge in [0.25, 0.3) is 0 Å². The number of methoxy groups -OCH3 is 1. The SMILES string of the molecule is COc1ccc(Cn2nc3oc(=O)c(Br)c(C)c3c2C)cc1. The zero-order chi connectivity index (χ0) is 15.9. The quantitative estimate of drug-likeness (QED) is 0.716. The highest BCUT2D eigenvalue weighted by atomic mass is 79.9. The van der Waals surface area contributed by atoms with Crippen molar-refractivity contribution in [3.05, 3.63) is 56.0 Å². The Morgan fingerprint density at radius 3 is 2.59 bits per heavy atom. The molecule has 2 aromatic heterocycles. The zero-order valence-corrected chi connectivity index (χ0v) is 14.1. The third-order valence-corrected chi connectivity index (χ3v) is 4.66. The summed E-state index contributed by atoms with van der Waals surface area (Å²) in [5.74, 6) is 0.817. The summed E-state index contributed by atoms with van der Waals surface area (Å²) >= 11 is 3.27. The minimum atomic E-state index is -0.404. The molecule has 0 bridgehead atoms. The molecule has 0 amide bonds. The van der Waals surface area contributed by atoms with Crippen molar-refractivity contribution in [2.24, 2.45) is 0 Å². The molecule has 114 valence electrons. The maximum atomic E-state index is 11.7. The first-order valence-electron chi connectivity index (χ1n) is 6.80. The van der Waals surface area contributed by atoms with E-state index in [0.29, 0.717) is 16.7 Å². The number of rotatable bonds is 3. The number of aryl methyl sites for hydroxylation is 2. The van der Waals surface area contributed by atoms with E-state index < -0.39 is 5.63 Å². The van der Waals surface area contributed by atoms with Crippen LogP contribution >= 0.6 is 15.9 Å². The first-order valence-corrected chi connectivity index (χ1v) is 7.60. The van der Waals surface area contributed by atoms with Crippen molar-refractivity contribution in [1.29, 1.82) is 0 Å². The van der Waals surface area contributed by atoms with Gasteiger partial charge in [0.05, 0.1) is 19.0 Å². The van der Waals surface area contributed by atoms with Crippen LogP contribution in [0.2, 0.25) is 0 Å². The van der Waals surface area contributed by atoms with E-state index in [-0.39, 0.29) is 0 Å². The van der Waals surface area contributed by atoms with Crippen molar-refractivity contribution in [2.75, 3.05) is 7.11 Å². The largest absolute Gasteiger partial charge is 0.497 e. The van der Waals surface area contributed by atoms with Gasteiger partial charge >= 0.3 is 5.63 Å². The van der Waals surface area contributed by atoms with Crippen LogP contribution in [0, 0.1) is 13.8 Å². The van der Waals surface area contributed by atoms with Crippen LogP contribution in [-0.2, 0) is 6.54 Å². The van der Waals surface area contributed by atoms with Gasteiger partial charge in [-0.1, -0.05) is 12.1 Å². The molecule has 3 rings (SSSR count). The number of ether oxygens (including phenoxy) is 1. The summed E-state index contributed by atoms with van der Waals surface area (Å²) in [7, 11) is 1.64. The van der Waals surface area contributed by atoms with Gasteiger partial charge in [-0.3, -0.25) is 4.68 Å². The predicted molar refractivity (Wildman–Crippen MR) is 87.5 cm³/mol. The average Bonchev–Trinajstić information content (AvgIpc) is 2.82. The van der Waals surface area contributed by atoms with E-state index in [1.807, 2.05) is 42.8 Å². The van der Waals surface area contributed by atoms with Crippen LogP contribution in [0.3, 0.4) is 0 Å². The summed E-state index contributed by atoms with van der Waals surface area (Å²) in [6, 6.07) is 7.80. The minimum absolute atomic E-state index is 0.372. The third-order valence-electron chi connectivity index (χ3n) is 3.74. The maximum Gasteiger partial charge on any atom is 0.352 e. The van der Waals surface area contributed by atoms with Crippen molar-refractivity contribution in [3.63, 3.8) is 0 Å². The second-order valence-electron chi connectivity index (χ2n) is 5.10. The number of hydrogen-bond acceptors (Lipinski definition) is 4. The first kappa shape index (κ1) is 14.8. The topological polar surface area (TPSA) is 57.3 Å². The molecule has 0 N–H and O–H groups in total. The standard InChI is InChI=1S/C16H15BrN2O3/c1-9-13-10(2)19(18-15(13)22-16(20)14(9)17)8-11-4-6-12(21-3)7-5-11/h4-7H,8H2,1-3H3. The van der Waals surface area contributed by atoms with Gasteiger partial charge in [-0.15, -0.1) is 5.10 Å². The molecule has 5 nitrogen and oxygen atoms in total. The fraction of sp³-hybridized carbons (Fsp3) is 0.250. The number of fused-ring (bicyclic) bond motifs is 1. The molecular formula is C16H15BrN2O3. The number of nitrogens with zero attached hydrogens (tertiary/aromatic N) is 2. The lowest BCUT2D eigenvalue weighted by molar-refractivity contribution is 0.414. The molecule has 2 heterocycles. The van der Waals surface area contributed by atoms with E-state index in [9.17, 15) is 4.79 Å². The van der Waals surface area contributed by atoms with Crippen LogP contribution in [0.1, 0.15) is 16.8 Å². The molecule has 0 unspecified atom stereocenters. The molecule has 0 saturated carbocycles. The average molecular weight is 363 g/mol. The van der Waals surface area contributed by atoms with E-state index >= 15 is 0 Å². The van der Waals surface area contributed by atoms with E-state index in [1.54, 1.807) is 7.11 Å². The Balaban J connectivity index is 2.06. The summed E-state index contributed by atoms with van der Waals surface area (Å²) in [5, 5.41) is 5.29. The van der Waals surface area contributed by atoms with Gasteiger partial charge in [-0.05, 0) is 53.0 Å². The van der Waals surface area contributed by atoms with Gasteiger partial charge in [0, 0.05) is 5.69 Å². The Hall–Kier alpha value is -2.08. The molecule has 0 aliphatic rings. The van der Waals surface area contributed by atoms with E-state index in [1.165, 1.54) is 0 Å². The van der Waals surface area contributed by atoms with Gasteiger partial charge in [0.2, 0.25) is 5.71 Å². The van der Waals surface area contributed by atoms with E-state index in [0.717, 1.165) is 28.0 Å². The lowest BCUT2D eigenvalue weighted by atomic mass is 10.2. The molecule has 0 saturated heterocycles. The van der Waals surface area contributed by atoms with Crippen LogP contribution in [0.15, 0.2) is 37.9 Å². The van der Waals surface area contributed by atoms with Crippen LogP contribution < -0.4 is 10.4 Å². The van der Waals surface area contributed by atoms with Gasteiger partial charge in [-0.25, -0.2) is 4.79 Å². The Labute approximate surface area is 135 Å². The van der Waals surface area contributed by atoms with E-state index in [4.69, 9.17) is 9.15 Å². The highest BCUT2D eigenvalue weighted by Crippen LogP contribution is 2.25. The lowest BCUT2D eigenvalue weighted by Crippen LogP contribution is -2.03. The Morgan fingerprint density at radius 2 is 1.95 bits per heavy atom. The molecule has 0 spiro atoms. The monoisotopic (exact) mass is 362 g/mol. The molecule has 0 fully saturated rings. The van der Waals surface area contributed by atoms with Gasteiger partial charge in [0.1, 0.15) is 10.2 Å². The van der Waals surface area contributed by atoms with Crippen molar-refractivity contribution < 1.29 is 9.15 Å². The van der Waals surface area contributed by atoms with Gasteiger partial charge in [0.15, 0.2) is 0 Å². The molecule has 22 heavy (non-hydrogen) atoms. The molecule has 1 aromatic carbocycles. The van der Waals surface area contributed by atoms with Gasteiger partial charge < -0.3 is 9.15 Å². The molecule has 0 aliphatic heterocycles. The normalized spacial score (nSPS) is 11.1. The second-order valence-corrected chi connectivity index (χ2v) is 5.89. The first-order chi connectivity index (χ1) is 10.5. The summed E-state index contributed by atoms with van der Waals surface area (Å²) < 4.78 is 12.7. The smallest absolute Gasteiger partial charge is 0.352 e. The van der Waals surface area contributed by atoms with Crippen molar-refractivity contribution >= 4 is 27.0 Å². The summed E-state index contributed by atoms with van der Waals surface area (Å²) in [4.78, 5) is 11.7. The van der Waals surface area contributed by atoms with E-state index in [2.05, 4.69) is 21.0 Å². The van der Waals surface area contributed by atoms with Crippen LogP contribution in [-0.4, -0.2) is 16.9 Å². The summed E-state index contributed by atoms with van der Waals surface area (Å²) in [6.07, 6.45) is 0. The van der Waals surface area contributed by atoms with Crippen molar-refractivity contribution in [1.82, 2.24) is 9.78 Å². The van der Waals surface area contributed by atoms with Crippen LogP contribution in [0.25, 0.3) is 11.1 Å². The number of benzene rings is 1. The fourth-order valence-electron chi connectivity index (χ4n) is 2.47. The lowest BCUT2D eigenvalue weighted by Gasteiger charge is -2.06. The molecule has 0 radical (unpaired) electrons. The van der Waals surface area contributed by atoms with Crippen LogP contribution in [0.5, 0.6) is 5.75 Å². The Morgan fingerprint density at radius 1 is 1.27 bits per heavy atom. The zero-order valence-electron chi connectivity index (χ0n) is 12.5. The third kappa shape index (κ3) is 2.43. The Kier molecular flexibility index (Phi) is 3.78. The van der Waals surface area contributed by atoms with Gasteiger partial charge in [-0.2, -0.15) is 0 Å². The molecule has 6 heteroatoms. The fourth-order valence-corrected chi connectivity index (χ4v) is 2.75. The number of aromatic nitrogens is 2. The van der Waals surface area contributed by atoms with Crippen molar-refractivity contribution in [2.45, 2.75) is 20.4 Å².